The molecule has 4 aromatic rings. The molecule has 3 aromatic carbocycles. The maximum absolute atomic E-state index is 13.4. The molecule has 0 spiro atoms. The predicted octanol–water partition coefficient (Wildman–Crippen LogP) is 7.22. The number of hydrogen-bond acceptors (Lipinski definition) is 3. The zero-order chi connectivity index (χ0) is 24.3. The number of aromatic nitrogens is 1. The maximum atomic E-state index is 13.4. The van der Waals surface area contributed by atoms with Gasteiger partial charge in [-0.3, -0.25) is 4.79 Å². The summed E-state index contributed by atoms with van der Waals surface area (Å²) in [5, 5.41) is 5.14. The number of H-pyrrole nitrogens is 1. The molecular weight excluding hydrogens is 476 g/mol. The summed E-state index contributed by atoms with van der Waals surface area (Å²) in [6.07, 6.45) is 3.92. The molecule has 0 bridgehead atoms. The van der Waals surface area contributed by atoms with Crippen LogP contribution in [0.25, 0.3) is 22.2 Å². The van der Waals surface area contributed by atoms with Crippen molar-refractivity contribution in [2.75, 3.05) is 19.4 Å². The van der Waals surface area contributed by atoms with E-state index in [1.54, 1.807) is 18.9 Å². The van der Waals surface area contributed by atoms with Crippen LogP contribution >= 0.6 is 23.4 Å². The zero-order valence-electron chi connectivity index (χ0n) is 19.8. The molecule has 1 heterocycles. The molecule has 1 amide bonds. The molecule has 0 saturated heterocycles. The van der Waals surface area contributed by atoms with Gasteiger partial charge in [-0.25, -0.2) is 0 Å². The largest absolute Gasteiger partial charge is 0.497 e. The van der Waals surface area contributed by atoms with Crippen molar-refractivity contribution < 1.29 is 9.53 Å². The van der Waals surface area contributed by atoms with Gasteiger partial charge in [0.05, 0.1) is 18.2 Å². The van der Waals surface area contributed by atoms with Gasteiger partial charge in [-0.15, -0.1) is 11.8 Å². The summed E-state index contributed by atoms with van der Waals surface area (Å²) in [5.41, 5.74) is 3.95. The number of carbonyl (C=O) groups excluding carboxylic acids is 1. The van der Waals surface area contributed by atoms with E-state index in [2.05, 4.69) is 40.6 Å². The van der Waals surface area contributed by atoms with Crippen molar-refractivity contribution in [3.63, 3.8) is 0 Å². The number of carbonyl (C=O) groups is 1. The molecule has 0 aliphatic heterocycles. The lowest BCUT2D eigenvalue weighted by Gasteiger charge is -2.28. The number of benzene rings is 3. The lowest BCUT2D eigenvalue weighted by atomic mass is 9.78. The number of thioether (sulfide) groups is 1. The number of rotatable bonds is 8. The SMILES string of the molecule is COc1ccc(-c2[nH]c3ccccc3c2SCCNC(=O)C2(c3ccc(Cl)cc3)CCCC2)cc1. The third kappa shape index (κ3) is 4.80. The molecule has 1 saturated carbocycles. The smallest absolute Gasteiger partial charge is 0.230 e. The molecule has 2 N–H and O–H groups in total. The Morgan fingerprint density at radius 2 is 1.74 bits per heavy atom. The molecule has 4 nitrogen and oxygen atoms in total. The van der Waals surface area contributed by atoms with E-state index in [9.17, 15) is 4.79 Å². The van der Waals surface area contributed by atoms with Gasteiger partial charge in [-0.2, -0.15) is 0 Å². The van der Waals surface area contributed by atoms with Gasteiger partial charge >= 0.3 is 0 Å². The Morgan fingerprint density at radius 1 is 1.03 bits per heavy atom. The highest BCUT2D eigenvalue weighted by molar-refractivity contribution is 7.99. The Balaban J connectivity index is 1.31. The highest BCUT2D eigenvalue weighted by Crippen LogP contribution is 2.42. The van der Waals surface area contributed by atoms with Crippen LogP contribution in [0.15, 0.2) is 77.7 Å². The molecule has 0 unspecified atom stereocenters. The minimum atomic E-state index is -0.440. The fourth-order valence-corrected chi connectivity index (χ4v) is 6.29. The summed E-state index contributed by atoms with van der Waals surface area (Å²) in [6.45, 7) is 0.612. The maximum Gasteiger partial charge on any atom is 0.230 e. The van der Waals surface area contributed by atoms with Crippen molar-refractivity contribution in [1.29, 1.82) is 0 Å². The second-order valence-corrected chi connectivity index (χ2v) is 10.5. The predicted molar refractivity (Wildman–Crippen MR) is 146 cm³/mol. The molecule has 1 aromatic heterocycles. The van der Waals surface area contributed by atoms with E-state index in [1.165, 1.54) is 10.3 Å². The average Bonchev–Trinajstić information content (AvgIpc) is 3.53. The topological polar surface area (TPSA) is 54.1 Å². The summed E-state index contributed by atoms with van der Waals surface area (Å²) in [5.74, 6) is 1.75. The van der Waals surface area contributed by atoms with Gasteiger partial charge in [0.15, 0.2) is 0 Å². The third-order valence-electron chi connectivity index (χ3n) is 6.96. The quantitative estimate of drug-likeness (QED) is 0.197. The standard InChI is InChI=1S/C29H29ClN2O2S/c1-34-23-14-8-20(9-15-23)26-27(24-6-2-3-7-25(24)32-26)35-19-18-31-28(33)29(16-4-5-17-29)21-10-12-22(30)13-11-21/h2-3,6-15,32H,4-5,16-19H2,1H3,(H,31,33). The van der Waals surface area contributed by atoms with E-state index in [-0.39, 0.29) is 5.91 Å². The Kier molecular flexibility index (Phi) is 7.07. The van der Waals surface area contributed by atoms with Crippen LogP contribution in [-0.2, 0) is 10.2 Å². The molecular formula is C29H29ClN2O2S. The van der Waals surface area contributed by atoms with E-state index in [1.807, 2.05) is 42.5 Å². The number of amides is 1. The van der Waals surface area contributed by atoms with Gasteiger partial charge in [0.2, 0.25) is 5.91 Å². The van der Waals surface area contributed by atoms with Crippen molar-refractivity contribution >= 4 is 40.2 Å². The fraction of sp³-hybridized carbons (Fsp3) is 0.276. The molecule has 0 radical (unpaired) electrons. The van der Waals surface area contributed by atoms with Crippen LogP contribution in [0.3, 0.4) is 0 Å². The molecule has 1 aliphatic carbocycles. The Labute approximate surface area is 215 Å². The third-order valence-corrected chi connectivity index (χ3v) is 8.33. The van der Waals surface area contributed by atoms with Crippen LogP contribution in [-0.4, -0.2) is 30.3 Å². The van der Waals surface area contributed by atoms with Crippen LogP contribution in [0.1, 0.15) is 31.2 Å². The number of fused-ring (bicyclic) bond motifs is 1. The van der Waals surface area contributed by atoms with Crippen LogP contribution in [0.5, 0.6) is 5.75 Å². The second-order valence-electron chi connectivity index (χ2n) is 9.00. The monoisotopic (exact) mass is 504 g/mol. The average molecular weight is 505 g/mol. The molecule has 0 atom stereocenters. The van der Waals surface area contributed by atoms with Crippen molar-refractivity contribution in [2.45, 2.75) is 36.0 Å². The Bertz CT molecular complexity index is 1310. The second kappa shape index (κ2) is 10.4. The molecule has 5 rings (SSSR count). The van der Waals surface area contributed by atoms with Gasteiger partial charge < -0.3 is 15.0 Å². The number of nitrogens with one attached hydrogen (secondary N) is 2. The molecule has 35 heavy (non-hydrogen) atoms. The van der Waals surface area contributed by atoms with Crippen LogP contribution < -0.4 is 10.1 Å². The number of para-hydroxylation sites is 1. The minimum Gasteiger partial charge on any atom is -0.497 e. The normalized spacial score (nSPS) is 14.8. The van der Waals surface area contributed by atoms with Gasteiger partial charge in [0.1, 0.15) is 5.75 Å². The van der Waals surface area contributed by atoms with Crippen molar-refractivity contribution in [3.05, 3.63) is 83.4 Å². The summed E-state index contributed by atoms with van der Waals surface area (Å²) in [4.78, 5) is 18.2. The molecule has 180 valence electrons. The number of halogens is 1. The van der Waals surface area contributed by atoms with E-state index in [0.29, 0.717) is 11.6 Å². The number of methoxy groups -OCH3 is 1. The van der Waals surface area contributed by atoms with Crippen molar-refractivity contribution in [1.82, 2.24) is 10.3 Å². The molecule has 1 fully saturated rings. The first-order valence-electron chi connectivity index (χ1n) is 12.0. The lowest BCUT2D eigenvalue weighted by Crippen LogP contribution is -2.43. The van der Waals surface area contributed by atoms with Crippen LogP contribution in [0.4, 0.5) is 0 Å². The zero-order valence-corrected chi connectivity index (χ0v) is 21.3. The summed E-state index contributed by atoms with van der Waals surface area (Å²) >= 11 is 7.87. The lowest BCUT2D eigenvalue weighted by molar-refractivity contribution is -0.126. The fourth-order valence-electron chi connectivity index (χ4n) is 5.11. The molecule has 1 aliphatic rings. The van der Waals surface area contributed by atoms with Gasteiger partial charge in [0.25, 0.3) is 0 Å². The van der Waals surface area contributed by atoms with E-state index in [4.69, 9.17) is 16.3 Å². The highest BCUT2D eigenvalue weighted by atomic mass is 35.5. The summed E-state index contributed by atoms with van der Waals surface area (Å²) in [7, 11) is 1.68. The first-order valence-corrected chi connectivity index (χ1v) is 13.4. The van der Waals surface area contributed by atoms with Crippen LogP contribution in [0, 0.1) is 0 Å². The van der Waals surface area contributed by atoms with E-state index in [0.717, 1.165) is 59.5 Å². The number of hydrogen-bond donors (Lipinski definition) is 2. The first-order chi connectivity index (χ1) is 17.1. The number of aromatic amines is 1. The Morgan fingerprint density at radius 3 is 2.46 bits per heavy atom. The number of ether oxygens (including phenoxy) is 1. The summed E-state index contributed by atoms with van der Waals surface area (Å²) in [6, 6.07) is 24.3. The summed E-state index contributed by atoms with van der Waals surface area (Å²) < 4.78 is 5.32. The van der Waals surface area contributed by atoms with Crippen molar-refractivity contribution in [3.8, 4) is 17.0 Å². The van der Waals surface area contributed by atoms with Crippen molar-refractivity contribution in [2.24, 2.45) is 0 Å². The van der Waals surface area contributed by atoms with E-state index < -0.39 is 5.41 Å². The van der Waals surface area contributed by atoms with Gasteiger partial charge in [0, 0.05) is 33.1 Å². The van der Waals surface area contributed by atoms with Gasteiger partial charge in [-0.05, 0) is 66.4 Å². The van der Waals surface area contributed by atoms with Gasteiger partial charge in [-0.1, -0.05) is 54.8 Å². The molecule has 6 heteroatoms. The van der Waals surface area contributed by atoms with Crippen LogP contribution in [0.2, 0.25) is 5.02 Å². The highest BCUT2D eigenvalue weighted by Gasteiger charge is 2.42. The van der Waals surface area contributed by atoms with E-state index >= 15 is 0 Å². The first kappa shape index (κ1) is 23.8. The minimum absolute atomic E-state index is 0.132. The Hall–Kier alpha value is -2.89.